The molecule has 2 amide bonds. The Morgan fingerprint density at radius 3 is 2.66 bits per heavy atom. The average Bonchev–Trinajstić information content (AvgIpc) is 3.33. The minimum atomic E-state index is -4.74. The lowest BCUT2D eigenvalue weighted by Crippen LogP contribution is -2.32. The van der Waals surface area contributed by atoms with Crippen LogP contribution in [0.4, 0.5) is 23.7 Å². The molecule has 0 saturated heterocycles. The van der Waals surface area contributed by atoms with Gasteiger partial charge in [0.2, 0.25) is 0 Å². The van der Waals surface area contributed by atoms with Crippen LogP contribution in [0.5, 0.6) is 11.5 Å². The van der Waals surface area contributed by atoms with Gasteiger partial charge in [0.15, 0.2) is 5.82 Å². The first-order valence-corrected chi connectivity index (χ1v) is 10.6. The van der Waals surface area contributed by atoms with Crippen LogP contribution in [0.3, 0.4) is 0 Å². The minimum Gasteiger partial charge on any atom is -0.497 e. The Labute approximate surface area is 199 Å². The number of rotatable bonds is 7. The Balaban J connectivity index is 1.28. The van der Waals surface area contributed by atoms with E-state index in [1.165, 1.54) is 35.3 Å². The van der Waals surface area contributed by atoms with Crippen LogP contribution >= 0.6 is 0 Å². The van der Waals surface area contributed by atoms with E-state index < -0.39 is 6.36 Å². The molecule has 1 aliphatic rings. The van der Waals surface area contributed by atoms with E-state index in [2.05, 4.69) is 25.5 Å². The van der Waals surface area contributed by atoms with Crippen molar-refractivity contribution in [2.45, 2.75) is 12.8 Å². The van der Waals surface area contributed by atoms with Crippen molar-refractivity contribution in [1.82, 2.24) is 20.1 Å². The van der Waals surface area contributed by atoms with Crippen molar-refractivity contribution in [1.29, 1.82) is 0 Å². The molecule has 0 radical (unpaired) electrons. The number of benzene rings is 2. The molecule has 4 rings (SSSR count). The fraction of sp³-hybridized carbons (Fsp3) is 0.208. The second kappa shape index (κ2) is 10.3. The van der Waals surface area contributed by atoms with Crippen molar-refractivity contribution in [2.24, 2.45) is 5.92 Å². The monoisotopic (exact) mass is 485 g/mol. The third-order valence-corrected chi connectivity index (χ3v) is 5.13. The zero-order valence-electron chi connectivity index (χ0n) is 18.6. The second-order valence-electron chi connectivity index (χ2n) is 7.64. The first kappa shape index (κ1) is 23.9. The lowest BCUT2D eigenvalue weighted by molar-refractivity contribution is -0.274. The Bertz CT molecular complexity index is 1240. The highest BCUT2D eigenvalue weighted by Crippen LogP contribution is 2.25. The van der Waals surface area contributed by atoms with Crippen LogP contribution in [-0.4, -0.2) is 40.8 Å². The first-order valence-electron chi connectivity index (χ1n) is 10.6. The number of aromatic nitrogens is 3. The third-order valence-electron chi connectivity index (χ3n) is 5.13. The highest BCUT2D eigenvalue weighted by Gasteiger charge is 2.31. The van der Waals surface area contributed by atoms with Gasteiger partial charge in [0.05, 0.1) is 12.8 Å². The van der Waals surface area contributed by atoms with E-state index >= 15 is 0 Å². The summed E-state index contributed by atoms with van der Waals surface area (Å²) in [4.78, 5) is 16.5. The van der Waals surface area contributed by atoms with Gasteiger partial charge in [-0.2, -0.15) is 0 Å². The fourth-order valence-electron chi connectivity index (χ4n) is 3.40. The van der Waals surface area contributed by atoms with Crippen LogP contribution in [0.25, 0.3) is 11.3 Å². The fourth-order valence-corrected chi connectivity index (χ4v) is 3.40. The topological polar surface area (TPSA) is 90.3 Å². The number of nitrogens with one attached hydrogen (secondary N) is 2. The predicted molar refractivity (Wildman–Crippen MR) is 123 cm³/mol. The van der Waals surface area contributed by atoms with E-state index in [-0.39, 0.29) is 17.7 Å². The van der Waals surface area contributed by atoms with Crippen molar-refractivity contribution in [3.63, 3.8) is 0 Å². The second-order valence-corrected chi connectivity index (χ2v) is 7.64. The Hall–Kier alpha value is -4.28. The maximum atomic E-state index is 12.3. The molecule has 11 heteroatoms. The van der Waals surface area contributed by atoms with Gasteiger partial charge in [-0.25, -0.2) is 14.5 Å². The van der Waals surface area contributed by atoms with E-state index in [9.17, 15) is 18.0 Å². The minimum absolute atomic E-state index is 0.109. The molecule has 1 aliphatic carbocycles. The van der Waals surface area contributed by atoms with Crippen LogP contribution in [-0.2, 0) is 0 Å². The smallest absolute Gasteiger partial charge is 0.497 e. The molecule has 0 spiro atoms. The van der Waals surface area contributed by atoms with Crippen LogP contribution in [0, 0.1) is 5.92 Å². The van der Waals surface area contributed by atoms with E-state index in [1.807, 2.05) is 18.2 Å². The summed E-state index contributed by atoms with van der Waals surface area (Å²) in [5.74, 6) is 0.938. The number of carbonyl (C=O) groups excluding carboxylic acids is 1. The van der Waals surface area contributed by atoms with Gasteiger partial charge in [0.1, 0.15) is 17.8 Å². The van der Waals surface area contributed by atoms with Gasteiger partial charge >= 0.3 is 12.4 Å². The van der Waals surface area contributed by atoms with Gasteiger partial charge in [0.25, 0.3) is 0 Å². The normalized spacial score (nSPS) is 15.3. The molecule has 0 fully saturated rings. The molecule has 0 bridgehead atoms. The number of hydrogen-bond acceptors (Lipinski definition) is 5. The van der Waals surface area contributed by atoms with Crippen molar-refractivity contribution in [3.8, 4) is 17.2 Å². The largest absolute Gasteiger partial charge is 0.573 e. The molecule has 2 N–H and O–H groups in total. The zero-order valence-corrected chi connectivity index (χ0v) is 18.6. The lowest BCUT2D eigenvalue weighted by Gasteiger charge is -2.16. The standard InChI is InChI=1S/C24H22F3N5O3/c1-34-21-4-2-3-18(13-21)30-23(33)28-14-16-5-7-17(8-6-16)22-29-15-32(31-22)19-9-11-20(12-10-19)35-24(25,26)27/h2-5,7-13,15-16H,6,14H2,1H3,(H2,28,30,33). The van der Waals surface area contributed by atoms with E-state index in [0.717, 1.165) is 5.57 Å². The Morgan fingerprint density at radius 1 is 1.17 bits per heavy atom. The van der Waals surface area contributed by atoms with E-state index in [4.69, 9.17) is 4.74 Å². The number of alkyl halides is 3. The van der Waals surface area contributed by atoms with Gasteiger partial charge in [-0.3, -0.25) is 0 Å². The van der Waals surface area contributed by atoms with Crippen molar-refractivity contribution in [2.75, 3.05) is 19.0 Å². The van der Waals surface area contributed by atoms with Gasteiger partial charge in [-0.1, -0.05) is 24.3 Å². The summed E-state index contributed by atoms with van der Waals surface area (Å²) in [6.07, 6.45) is 3.27. The number of carbonyl (C=O) groups is 1. The van der Waals surface area contributed by atoms with Crippen molar-refractivity contribution < 1.29 is 27.4 Å². The number of allylic oxidation sites excluding steroid dienone is 3. The van der Waals surface area contributed by atoms with Crippen LogP contribution in [0.2, 0.25) is 0 Å². The molecule has 35 heavy (non-hydrogen) atoms. The number of urea groups is 1. The number of amides is 2. The number of ether oxygens (including phenoxy) is 2. The Kier molecular flexibility index (Phi) is 7.04. The third kappa shape index (κ3) is 6.62. The molecular weight excluding hydrogens is 463 g/mol. The highest BCUT2D eigenvalue weighted by atomic mass is 19.4. The number of nitrogens with zero attached hydrogens (tertiary/aromatic N) is 3. The van der Waals surface area contributed by atoms with Gasteiger partial charge in [-0.15, -0.1) is 18.3 Å². The summed E-state index contributed by atoms with van der Waals surface area (Å²) in [7, 11) is 1.56. The van der Waals surface area contributed by atoms with Gasteiger partial charge in [0, 0.05) is 23.9 Å². The number of hydrogen-bond donors (Lipinski definition) is 2. The Morgan fingerprint density at radius 2 is 1.97 bits per heavy atom. The molecule has 1 unspecified atom stereocenters. The molecule has 8 nitrogen and oxygen atoms in total. The molecule has 2 aromatic carbocycles. The van der Waals surface area contributed by atoms with Crippen molar-refractivity contribution in [3.05, 3.63) is 78.9 Å². The molecule has 0 saturated carbocycles. The maximum Gasteiger partial charge on any atom is 0.573 e. The molecule has 1 heterocycles. The maximum absolute atomic E-state index is 12.3. The summed E-state index contributed by atoms with van der Waals surface area (Å²) in [5, 5.41) is 10.0. The van der Waals surface area contributed by atoms with E-state index in [0.29, 0.717) is 35.9 Å². The number of methoxy groups -OCH3 is 1. The van der Waals surface area contributed by atoms with E-state index in [1.54, 1.807) is 31.4 Å². The van der Waals surface area contributed by atoms with Crippen LogP contribution < -0.4 is 20.1 Å². The summed E-state index contributed by atoms with van der Waals surface area (Å²) in [6, 6.07) is 12.1. The quantitative estimate of drug-likeness (QED) is 0.494. The molecule has 0 aliphatic heterocycles. The molecule has 1 aromatic heterocycles. The summed E-state index contributed by atoms with van der Waals surface area (Å²) in [6.45, 7) is 0.449. The van der Waals surface area contributed by atoms with Gasteiger partial charge < -0.3 is 20.1 Å². The SMILES string of the molecule is COc1cccc(NC(=O)NCC2C=CC(c3ncn(-c4ccc(OC(F)(F)F)cc4)n3)=CC2)c1. The molecule has 182 valence electrons. The predicted octanol–water partition coefficient (Wildman–Crippen LogP) is 4.96. The average molecular weight is 485 g/mol. The lowest BCUT2D eigenvalue weighted by atomic mass is 9.96. The van der Waals surface area contributed by atoms with Crippen molar-refractivity contribution >= 4 is 17.3 Å². The summed E-state index contributed by atoms with van der Waals surface area (Å²) >= 11 is 0. The highest BCUT2D eigenvalue weighted by molar-refractivity contribution is 5.89. The van der Waals surface area contributed by atoms with Crippen LogP contribution in [0.1, 0.15) is 12.2 Å². The molecule has 3 aromatic rings. The first-order chi connectivity index (χ1) is 16.8. The summed E-state index contributed by atoms with van der Waals surface area (Å²) in [5.41, 5.74) is 1.99. The van der Waals surface area contributed by atoms with Gasteiger partial charge in [-0.05, 0) is 48.7 Å². The number of halogens is 3. The van der Waals surface area contributed by atoms with Crippen LogP contribution in [0.15, 0.2) is 73.1 Å². The molecule has 1 atom stereocenters. The molecular formula is C24H22F3N5O3. The number of anilines is 1. The summed E-state index contributed by atoms with van der Waals surface area (Å²) < 4.78 is 47.4. The zero-order chi connectivity index (χ0) is 24.8.